The van der Waals surface area contributed by atoms with Crippen molar-refractivity contribution in [3.05, 3.63) is 79.8 Å². The van der Waals surface area contributed by atoms with Crippen molar-refractivity contribution in [1.29, 1.82) is 5.26 Å². The van der Waals surface area contributed by atoms with Crippen LogP contribution in [0, 0.1) is 11.3 Å². The van der Waals surface area contributed by atoms with Crippen LogP contribution in [-0.2, 0) is 4.79 Å². The first kappa shape index (κ1) is 30.5. The quantitative estimate of drug-likeness (QED) is 0.220. The highest BCUT2D eigenvalue weighted by atomic mass is 35.5. The molecule has 1 heterocycles. The Balaban J connectivity index is 0.00000154. The molecule has 0 fully saturated rings. The van der Waals surface area contributed by atoms with Crippen molar-refractivity contribution >= 4 is 57.2 Å². The van der Waals surface area contributed by atoms with E-state index in [-0.39, 0.29) is 37.7 Å². The van der Waals surface area contributed by atoms with Gasteiger partial charge in [0.15, 0.2) is 5.75 Å². The van der Waals surface area contributed by atoms with Gasteiger partial charge in [0, 0.05) is 17.6 Å². The van der Waals surface area contributed by atoms with Crippen molar-refractivity contribution in [2.75, 3.05) is 5.32 Å². The summed E-state index contributed by atoms with van der Waals surface area (Å²) in [6.45, 7) is 13.1. The van der Waals surface area contributed by atoms with Crippen molar-refractivity contribution < 1.29 is 9.53 Å². The summed E-state index contributed by atoms with van der Waals surface area (Å²) in [4.78, 5) is 24.0. The van der Waals surface area contributed by atoms with Gasteiger partial charge in [0.25, 0.3) is 11.5 Å². The molecule has 8 nitrogen and oxygen atoms in total. The Hall–Kier alpha value is -3.51. The number of benzene rings is 2. The Morgan fingerprint density at radius 1 is 1.14 bits per heavy atom. The van der Waals surface area contributed by atoms with Crippen molar-refractivity contribution in [1.82, 2.24) is 15.5 Å². The number of halogens is 3. The zero-order valence-electron chi connectivity index (χ0n) is 20.4. The summed E-state index contributed by atoms with van der Waals surface area (Å²) < 4.78 is 5.77. The molecule has 2 aromatic carbocycles. The molecular weight excluding hydrogens is 525 g/mol. The van der Waals surface area contributed by atoms with Gasteiger partial charge < -0.3 is 15.4 Å². The lowest BCUT2D eigenvalue weighted by Gasteiger charge is -2.12. The van der Waals surface area contributed by atoms with E-state index in [2.05, 4.69) is 27.4 Å². The second-order valence-corrected chi connectivity index (χ2v) is 7.66. The van der Waals surface area contributed by atoms with Gasteiger partial charge in [-0.3, -0.25) is 9.59 Å². The molecule has 0 aliphatic heterocycles. The van der Waals surface area contributed by atoms with Gasteiger partial charge in [-0.15, -0.1) is 5.10 Å². The number of hydrogen-bond donors (Lipinski definition) is 3. The van der Waals surface area contributed by atoms with Gasteiger partial charge in [0.05, 0.1) is 25.8 Å². The average molecular weight is 551 g/mol. The van der Waals surface area contributed by atoms with Crippen LogP contribution in [-0.4, -0.2) is 16.1 Å². The van der Waals surface area contributed by atoms with Gasteiger partial charge in [-0.1, -0.05) is 75.1 Å². The first-order valence-corrected chi connectivity index (χ1v) is 12.0. The maximum absolute atomic E-state index is 12.1. The molecule has 1 amide bonds. The minimum Gasteiger partial charge on any atom is -0.434 e. The van der Waals surface area contributed by atoms with Crippen LogP contribution in [0.2, 0.25) is 15.1 Å². The highest BCUT2D eigenvalue weighted by Crippen LogP contribution is 2.40. The van der Waals surface area contributed by atoms with Crippen LogP contribution in [0.4, 0.5) is 5.69 Å². The molecule has 0 aliphatic rings. The molecule has 0 aliphatic carbocycles. The van der Waals surface area contributed by atoms with Crippen molar-refractivity contribution in [3.8, 4) is 17.7 Å². The van der Waals surface area contributed by atoms with E-state index in [1.807, 2.05) is 27.7 Å². The second kappa shape index (κ2) is 14.8. The van der Waals surface area contributed by atoms with Gasteiger partial charge in [0.2, 0.25) is 5.88 Å². The number of ether oxygens (including phenoxy) is 1. The zero-order valence-corrected chi connectivity index (χ0v) is 22.7. The number of carbonyl (C=O) groups excluding carboxylic acids is 1. The normalized spacial score (nSPS) is 10.1. The van der Waals surface area contributed by atoms with Gasteiger partial charge in [-0.25, -0.2) is 5.10 Å². The van der Waals surface area contributed by atoms with Crippen LogP contribution >= 0.6 is 34.8 Å². The second-order valence-electron chi connectivity index (χ2n) is 6.44. The molecule has 0 spiro atoms. The maximum atomic E-state index is 12.1. The number of hydrogen-bond acceptors (Lipinski definition) is 6. The molecule has 11 heteroatoms. The van der Waals surface area contributed by atoms with Crippen LogP contribution in [0.5, 0.6) is 11.6 Å². The summed E-state index contributed by atoms with van der Waals surface area (Å²) >= 11 is 18.8. The number of nitrogens with one attached hydrogen (secondary N) is 3. The molecule has 190 valence electrons. The number of anilines is 1. The smallest absolute Gasteiger partial charge is 0.273 e. The predicted molar refractivity (Wildman–Crippen MR) is 147 cm³/mol. The van der Waals surface area contributed by atoms with Gasteiger partial charge >= 0.3 is 0 Å². The summed E-state index contributed by atoms with van der Waals surface area (Å²) in [7, 11) is 0. The standard InChI is InChI=1S/C21H14Cl3N5O3.2C2H6/c1-10(2)27-19(30)11(8-25)9-26-12-6-15(23)18(16(24)7-12)32-21-13-4-3-5-14(22)17(13)20(31)28-29-21;2*1-2/h3-7,9,26H,1H2,2H3,(H,27,30)(H,28,31);2*1-2H3/b11-9-;;. The number of aromatic amines is 1. The summed E-state index contributed by atoms with van der Waals surface area (Å²) in [6, 6.07) is 9.59. The minimum absolute atomic E-state index is 0.0507. The topological polar surface area (TPSA) is 120 Å². The Kier molecular flexibility index (Phi) is 12.5. The fourth-order valence-electron chi connectivity index (χ4n) is 2.63. The number of nitriles is 1. The number of amides is 1. The van der Waals surface area contributed by atoms with Crippen molar-refractivity contribution in [2.45, 2.75) is 34.6 Å². The molecule has 0 radical (unpaired) electrons. The van der Waals surface area contributed by atoms with E-state index in [0.29, 0.717) is 16.8 Å². The summed E-state index contributed by atoms with van der Waals surface area (Å²) in [5, 5.41) is 21.7. The summed E-state index contributed by atoms with van der Waals surface area (Å²) in [6.07, 6.45) is 1.21. The number of rotatable bonds is 6. The molecule has 1 aromatic heterocycles. The predicted octanol–water partition coefficient (Wildman–Crippen LogP) is 7.20. The van der Waals surface area contributed by atoms with E-state index >= 15 is 0 Å². The molecule has 0 atom stereocenters. The number of H-pyrrole nitrogens is 1. The third-order valence-corrected chi connectivity index (χ3v) is 4.88. The van der Waals surface area contributed by atoms with Gasteiger partial charge in [-0.2, -0.15) is 5.26 Å². The summed E-state index contributed by atoms with van der Waals surface area (Å²) in [5.74, 6) is -0.474. The van der Waals surface area contributed by atoms with Crippen molar-refractivity contribution in [2.24, 2.45) is 0 Å². The Morgan fingerprint density at radius 2 is 1.75 bits per heavy atom. The lowest BCUT2D eigenvalue weighted by atomic mass is 10.2. The highest BCUT2D eigenvalue weighted by Gasteiger charge is 2.16. The van der Waals surface area contributed by atoms with E-state index < -0.39 is 11.5 Å². The monoisotopic (exact) mass is 549 g/mol. The van der Waals surface area contributed by atoms with Crippen LogP contribution in [0.1, 0.15) is 34.6 Å². The molecular formula is C25H26Cl3N5O3. The molecule has 3 rings (SSSR count). The maximum Gasteiger partial charge on any atom is 0.273 e. The number of nitrogens with zero attached hydrogens (tertiary/aromatic N) is 2. The van der Waals surface area contributed by atoms with Crippen molar-refractivity contribution in [3.63, 3.8) is 0 Å². The van der Waals surface area contributed by atoms with E-state index in [1.165, 1.54) is 18.3 Å². The lowest BCUT2D eigenvalue weighted by molar-refractivity contribution is -0.116. The molecule has 0 unspecified atom stereocenters. The van der Waals surface area contributed by atoms with Crippen LogP contribution in [0.3, 0.4) is 0 Å². The molecule has 3 aromatic rings. The zero-order chi connectivity index (χ0) is 27.4. The Bertz CT molecular complexity index is 1350. The van der Waals surface area contributed by atoms with E-state index in [9.17, 15) is 9.59 Å². The molecule has 36 heavy (non-hydrogen) atoms. The molecule has 0 bridgehead atoms. The SMILES string of the molecule is C=C(C)NC(=O)/C(C#N)=C\Nc1cc(Cl)c(Oc2n[nH]c(=O)c3c(Cl)cccc23)c(Cl)c1.CC.CC. The van der Waals surface area contributed by atoms with E-state index in [4.69, 9.17) is 44.8 Å². The van der Waals surface area contributed by atoms with Crippen LogP contribution < -0.4 is 20.9 Å². The molecule has 0 saturated heterocycles. The molecule has 3 N–H and O–H groups in total. The lowest BCUT2D eigenvalue weighted by Crippen LogP contribution is -2.22. The first-order chi connectivity index (χ1) is 17.2. The minimum atomic E-state index is -0.612. The largest absolute Gasteiger partial charge is 0.434 e. The third kappa shape index (κ3) is 7.75. The van der Waals surface area contributed by atoms with Gasteiger partial charge in [-0.05, 0) is 31.2 Å². The highest BCUT2D eigenvalue weighted by molar-refractivity contribution is 6.38. The number of carbonyl (C=O) groups is 1. The molecule has 0 saturated carbocycles. The first-order valence-electron chi connectivity index (χ1n) is 10.9. The number of fused-ring (bicyclic) bond motifs is 1. The third-order valence-electron chi connectivity index (χ3n) is 4.00. The van der Waals surface area contributed by atoms with Crippen LogP contribution in [0.25, 0.3) is 10.8 Å². The number of aromatic nitrogens is 2. The Labute approximate surface area is 224 Å². The summed E-state index contributed by atoms with van der Waals surface area (Å²) in [5.41, 5.74) is 0.144. The van der Waals surface area contributed by atoms with E-state index in [1.54, 1.807) is 31.2 Å². The van der Waals surface area contributed by atoms with E-state index in [0.717, 1.165) is 0 Å². The number of allylic oxidation sites excluding steroid dienone is 1. The van der Waals surface area contributed by atoms with Gasteiger partial charge in [0.1, 0.15) is 11.6 Å². The Morgan fingerprint density at radius 3 is 2.31 bits per heavy atom. The van der Waals surface area contributed by atoms with Crippen LogP contribution in [0.15, 0.2) is 59.2 Å². The fraction of sp³-hybridized carbons (Fsp3) is 0.200. The fourth-order valence-corrected chi connectivity index (χ4v) is 3.46. The average Bonchev–Trinajstić information content (AvgIpc) is 2.85.